The number of hydrogen-bond donors (Lipinski definition) is 1. The summed E-state index contributed by atoms with van der Waals surface area (Å²) >= 11 is 5.92. The molecule has 1 N–H and O–H groups in total. The Kier molecular flexibility index (Phi) is 4.87. The van der Waals surface area contributed by atoms with Crippen LogP contribution in [0.5, 0.6) is 0 Å². The molecule has 7 nitrogen and oxygen atoms in total. The van der Waals surface area contributed by atoms with Gasteiger partial charge in [0.1, 0.15) is 11.3 Å². The van der Waals surface area contributed by atoms with Crippen LogP contribution >= 0.6 is 11.6 Å². The Balaban J connectivity index is 1.36. The summed E-state index contributed by atoms with van der Waals surface area (Å²) in [7, 11) is 0. The zero-order valence-corrected chi connectivity index (χ0v) is 15.4. The van der Waals surface area contributed by atoms with Crippen molar-refractivity contribution in [2.24, 2.45) is 0 Å². The lowest BCUT2D eigenvalue weighted by molar-refractivity contribution is 0.0671. The van der Waals surface area contributed by atoms with Crippen LogP contribution in [-0.2, 0) is 0 Å². The number of carbonyl (C=O) groups excluding carboxylic acids is 2. The number of piperazine rings is 1. The lowest BCUT2D eigenvalue weighted by Crippen LogP contribution is -2.51. The number of aromatic nitrogens is 1. The summed E-state index contributed by atoms with van der Waals surface area (Å²) in [5.41, 5.74) is 1.36. The minimum absolute atomic E-state index is 0.0838. The molecular weight excluding hydrogens is 387 g/mol. The molecule has 2 heterocycles. The molecule has 1 aliphatic rings. The van der Waals surface area contributed by atoms with E-state index in [1.807, 2.05) is 0 Å². The number of urea groups is 1. The molecule has 0 radical (unpaired) electrons. The second kappa shape index (κ2) is 7.47. The van der Waals surface area contributed by atoms with Gasteiger partial charge in [-0.15, -0.1) is 0 Å². The van der Waals surface area contributed by atoms with E-state index in [0.717, 1.165) is 0 Å². The van der Waals surface area contributed by atoms with Crippen LogP contribution in [-0.4, -0.2) is 52.9 Å². The molecule has 0 spiro atoms. The first-order valence-corrected chi connectivity index (χ1v) is 9.04. The number of amides is 3. The number of carbonyl (C=O) groups is 2. The van der Waals surface area contributed by atoms with Gasteiger partial charge in [-0.25, -0.2) is 9.18 Å². The van der Waals surface area contributed by atoms with E-state index in [9.17, 15) is 14.0 Å². The van der Waals surface area contributed by atoms with Crippen LogP contribution in [0.1, 0.15) is 10.4 Å². The molecule has 0 unspecified atom stereocenters. The third-order valence-corrected chi connectivity index (χ3v) is 4.72. The first-order chi connectivity index (χ1) is 13.5. The minimum Gasteiger partial charge on any atom is -0.423 e. The number of halogens is 2. The van der Waals surface area contributed by atoms with Gasteiger partial charge in [0, 0.05) is 36.8 Å². The molecule has 144 valence electrons. The lowest BCUT2D eigenvalue weighted by atomic mass is 10.2. The molecule has 1 saturated heterocycles. The van der Waals surface area contributed by atoms with Crippen molar-refractivity contribution < 1.29 is 18.4 Å². The predicted molar refractivity (Wildman–Crippen MR) is 102 cm³/mol. The normalized spacial score (nSPS) is 14.4. The average molecular weight is 403 g/mol. The molecule has 3 aromatic rings. The van der Waals surface area contributed by atoms with E-state index >= 15 is 0 Å². The number of hydrogen-bond acceptors (Lipinski definition) is 4. The van der Waals surface area contributed by atoms with Crippen molar-refractivity contribution in [2.75, 3.05) is 31.5 Å². The maximum Gasteiger partial charge on any atom is 0.325 e. The van der Waals surface area contributed by atoms with Gasteiger partial charge in [-0.3, -0.25) is 10.1 Å². The smallest absolute Gasteiger partial charge is 0.325 e. The summed E-state index contributed by atoms with van der Waals surface area (Å²) < 4.78 is 18.8. The van der Waals surface area contributed by atoms with Gasteiger partial charge in [-0.2, -0.15) is 4.98 Å². The van der Waals surface area contributed by atoms with Gasteiger partial charge in [0.15, 0.2) is 5.58 Å². The van der Waals surface area contributed by atoms with Crippen LogP contribution in [0.15, 0.2) is 46.9 Å². The predicted octanol–water partition coefficient (Wildman–Crippen LogP) is 3.61. The van der Waals surface area contributed by atoms with E-state index in [0.29, 0.717) is 47.9 Å². The molecule has 28 heavy (non-hydrogen) atoms. The largest absolute Gasteiger partial charge is 0.423 e. The van der Waals surface area contributed by atoms with Crippen LogP contribution < -0.4 is 5.32 Å². The first-order valence-electron chi connectivity index (χ1n) is 8.66. The maximum atomic E-state index is 13.3. The third kappa shape index (κ3) is 3.77. The van der Waals surface area contributed by atoms with Crippen molar-refractivity contribution in [3.05, 3.63) is 58.9 Å². The molecule has 2 aromatic carbocycles. The van der Waals surface area contributed by atoms with Gasteiger partial charge >= 0.3 is 12.0 Å². The van der Waals surface area contributed by atoms with Crippen molar-refractivity contribution in [3.63, 3.8) is 0 Å². The highest BCUT2D eigenvalue weighted by molar-refractivity contribution is 6.31. The fourth-order valence-electron chi connectivity index (χ4n) is 3.04. The lowest BCUT2D eigenvalue weighted by Gasteiger charge is -2.34. The fraction of sp³-hybridized carbons (Fsp3) is 0.211. The van der Waals surface area contributed by atoms with Crippen LogP contribution in [0.3, 0.4) is 0 Å². The maximum absolute atomic E-state index is 13.3. The van der Waals surface area contributed by atoms with E-state index in [2.05, 4.69) is 10.3 Å². The first kappa shape index (κ1) is 18.2. The Hall–Kier alpha value is -3.13. The molecule has 1 fully saturated rings. The average Bonchev–Trinajstić information content (AvgIpc) is 3.08. The Morgan fingerprint density at radius 3 is 2.57 bits per heavy atom. The number of nitrogens with one attached hydrogen (secondary N) is 1. The zero-order chi connectivity index (χ0) is 19.7. The number of anilines is 1. The molecule has 1 aromatic heterocycles. The van der Waals surface area contributed by atoms with E-state index in [4.69, 9.17) is 16.0 Å². The number of benzene rings is 2. The van der Waals surface area contributed by atoms with Gasteiger partial charge in [0.05, 0.1) is 0 Å². The number of nitrogens with zero attached hydrogens (tertiary/aromatic N) is 3. The summed E-state index contributed by atoms with van der Waals surface area (Å²) in [6.45, 7) is 1.40. The summed E-state index contributed by atoms with van der Waals surface area (Å²) in [6, 6.07) is 10.3. The molecule has 1 aliphatic heterocycles. The summed E-state index contributed by atoms with van der Waals surface area (Å²) in [6.07, 6.45) is 0. The van der Waals surface area contributed by atoms with Crippen molar-refractivity contribution >= 4 is 40.7 Å². The van der Waals surface area contributed by atoms with Gasteiger partial charge < -0.3 is 14.2 Å². The fourth-order valence-corrected chi connectivity index (χ4v) is 3.21. The summed E-state index contributed by atoms with van der Waals surface area (Å²) in [4.78, 5) is 32.2. The molecule has 0 bridgehead atoms. The monoisotopic (exact) mass is 402 g/mol. The van der Waals surface area contributed by atoms with Crippen LogP contribution in [0.25, 0.3) is 11.1 Å². The number of oxazole rings is 1. The minimum atomic E-state index is -0.455. The molecule has 0 aliphatic carbocycles. The molecule has 9 heteroatoms. The summed E-state index contributed by atoms with van der Waals surface area (Å²) in [5, 5.41) is 3.14. The SMILES string of the molecule is O=C(Nc1nc2cc(Cl)ccc2o1)N1CCN(C(=O)c2cccc(F)c2)CC1. The second-order valence-electron chi connectivity index (χ2n) is 6.35. The Bertz CT molecular complexity index is 1050. The Morgan fingerprint density at radius 1 is 1.07 bits per heavy atom. The van der Waals surface area contributed by atoms with Gasteiger partial charge in [0.2, 0.25) is 0 Å². The van der Waals surface area contributed by atoms with E-state index in [-0.39, 0.29) is 18.0 Å². The van der Waals surface area contributed by atoms with Crippen molar-refractivity contribution in [3.8, 4) is 0 Å². The Labute approximate surface area is 164 Å². The van der Waals surface area contributed by atoms with E-state index < -0.39 is 5.82 Å². The topological polar surface area (TPSA) is 78.7 Å². The highest BCUT2D eigenvalue weighted by atomic mass is 35.5. The highest BCUT2D eigenvalue weighted by Crippen LogP contribution is 2.22. The van der Waals surface area contributed by atoms with Crippen LogP contribution in [0.2, 0.25) is 5.02 Å². The van der Waals surface area contributed by atoms with Gasteiger partial charge in [0.25, 0.3) is 5.91 Å². The molecule has 3 amide bonds. The molecule has 0 saturated carbocycles. The standard InChI is InChI=1S/C19H16ClFN4O3/c20-13-4-5-16-15(11-13)22-18(28-16)23-19(27)25-8-6-24(7-9-25)17(26)12-2-1-3-14(21)10-12/h1-5,10-11H,6-9H2,(H,22,23,27). The van der Waals surface area contributed by atoms with Gasteiger partial charge in [-0.05, 0) is 36.4 Å². The number of rotatable bonds is 2. The van der Waals surface area contributed by atoms with Crippen LogP contribution in [0.4, 0.5) is 15.2 Å². The molecule has 0 atom stereocenters. The van der Waals surface area contributed by atoms with E-state index in [1.54, 1.807) is 34.1 Å². The number of fused-ring (bicyclic) bond motifs is 1. The van der Waals surface area contributed by atoms with Crippen molar-refractivity contribution in [1.82, 2.24) is 14.8 Å². The third-order valence-electron chi connectivity index (χ3n) is 4.49. The van der Waals surface area contributed by atoms with Crippen molar-refractivity contribution in [2.45, 2.75) is 0 Å². The quantitative estimate of drug-likeness (QED) is 0.710. The second-order valence-corrected chi connectivity index (χ2v) is 6.79. The van der Waals surface area contributed by atoms with Crippen molar-refractivity contribution in [1.29, 1.82) is 0 Å². The molecular formula is C19H16ClFN4O3. The Morgan fingerprint density at radius 2 is 1.82 bits per heavy atom. The molecule has 4 rings (SSSR count). The van der Waals surface area contributed by atoms with Crippen LogP contribution in [0, 0.1) is 5.82 Å². The zero-order valence-electron chi connectivity index (χ0n) is 14.7. The summed E-state index contributed by atoms with van der Waals surface area (Å²) in [5.74, 6) is -0.709. The van der Waals surface area contributed by atoms with E-state index in [1.165, 1.54) is 18.2 Å². The highest BCUT2D eigenvalue weighted by Gasteiger charge is 2.25. The van der Waals surface area contributed by atoms with Gasteiger partial charge in [-0.1, -0.05) is 17.7 Å².